The number of carbonyl (C=O) groups is 1. The number of aromatic nitrogens is 1. The minimum atomic E-state index is -0.212. The van der Waals surface area contributed by atoms with Gasteiger partial charge in [0.2, 0.25) is 0 Å². The van der Waals surface area contributed by atoms with Crippen molar-refractivity contribution in [1.29, 1.82) is 0 Å². The molecule has 1 aromatic heterocycles. The summed E-state index contributed by atoms with van der Waals surface area (Å²) in [6, 6.07) is 0. The fourth-order valence-electron chi connectivity index (χ4n) is 4.26. The lowest BCUT2D eigenvalue weighted by atomic mass is 9.83. The van der Waals surface area contributed by atoms with Crippen LogP contribution in [0.25, 0.3) is 12.3 Å². The van der Waals surface area contributed by atoms with Gasteiger partial charge in [-0.25, -0.2) is 4.79 Å². The minimum Gasteiger partial charge on any atom is -0.462 e. The lowest BCUT2D eigenvalue weighted by Gasteiger charge is -2.29. The van der Waals surface area contributed by atoms with E-state index in [0.717, 1.165) is 62.1 Å². The van der Waals surface area contributed by atoms with Gasteiger partial charge in [0.1, 0.15) is 0 Å². The van der Waals surface area contributed by atoms with Gasteiger partial charge in [-0.2, -0.15) is 0 Å². The third-order valence-electron chi connectivity index (χ3n) is 5.69. The van der Waals surface area contributed by atoms with Gasteiger partial charge in [0.05, 0.1) is 17.9 Å². The predicted octanol–water partition coefficient (Wildman–Crippen LogP) is 5.17. The minimum absolute atomic E-state index is 0.212. The average Bonchev–Trinajstić information content (AvgIpc) is 2.97. The molecule has 1 aromatic rings. The fraction of sp³-hybridized carbons (Fsp3) is 0.591. The highest BCUT2D eigenvalue weighted by molar-refractivity contribution is 5.96. The molecule has 1 saturated heterocycles. The summed E-state index contributed by atoms with van der Waals surface area (Å²) >= 11 is 0. The fourth-order valence-corrected chi connectivity index (χ4v) is 4.26. The molecule has 142 valence electrons. The molecular weight excluding hydrogens is 326 g/mol. The van der Waals surface area contributed by atoms with Crippen molar-refractivity contribution in [2.45, 2.75) is 58.8 Å². The molecule has 26 heavy (non-hydrogen) atoms. The van der Waals surface area contributed by atoms with Crippen LogP contribution in [0.3, 0.4) is 0 Å². The maximum absolute atomic E-state index is 12.7. The molecule has 3 rings (SSSR count). The Labute approximate surface area is 156 Å². The Hall–Kier alpha value is -1.81. The van der Waals surface area contributed by atoms with Gasteiger partial charge in [-0.1, -0.05) is 19.1 Å². The van der Waals surface area contributed by atoms with Crippen LogP contribution in [-0.4, -0.2) is 30.4 Å². The van der Waals surface area contributed by atoms with Gasteiger partial charge in [-0.3, -0.25) is 0 Å². The number of carbonyl (C=O) groups excluding carboxylic acids is 1. The van der Waals surface area contributed by atoms with Gasteiger partial charge in [0.25, 0.3) is 0 Å². The molecule has 3 heterocycles. The van der Waals surface area contributed by atoms with Gasteiger partial charge >= 0.3 is 5.97 Å². The predicted molar refractivity (Wildman–Crippen MR) is 105 cm³/mol. The SMILES string of the molecule is CCOC(=O)c1c(C)c(C(C)C2CCOCC2)n2c1C=CCCCC=C2. The number of fused-ring (bicyclic) bond motifs is 1. The number of nitrogens with zero attached hydrogens (tertiary/aromatic N) is 1. The van der Waals surface area contributed by atoms with E-state index in [0.29, 0.717) is 18.4 Å². The Morgan fingerprint density at radius 2 is 2.04 bits per heavy atom. The first kappa shape index (κ1) is 19.0. The normalized spacial score (nSPS) is 19.3. The summed E-state index contributed by atoms with van der Waals surface area (Å²) in [4.78, 5) is 12.7. The number of ether oxygens (including phenoxy) is 2. The monoisotopic (exact) mass is 357 g/mol. The number of hydrogen-bond donors (Lipinski definition) is 0. The molecule has 1 fully saturated rings. The topological polar surface area (TPSA) is 40.5 Å². The molecule has 0 N–H and O–H groups in total. The zero-order chi connectivity index (χ0) is 18.5. The van der Waals surface area contributed by atoms with Crippen molar-refractivity contribution in [2.24, 2.45) is 5.92 Å². The molecule has 0 spiro atoms. The van der Waals surface area contributed by atoms with Crippen LogP contribution in [0.2, 0.25) is 0 Å². The smallest absolute Gasteiger partial charge is 0.340 e. The van der Waals surface area contributed by atoms with E-state index >= 15 is 0 Å². The molecule has 0 saturated carbocycles. The van der Waals surface area contributed by atoms with Crippen molar-refractivity contribution >= 4 is 18.2 Å². The summed E-state index contributed by atoms with van der Waals surface area (Å²) in [6.45, 7) is 8.30. The summed E-state index contributed by atoms with van der Waals surface area (Å²) in [5.74, 6) is 0.748. The van der Waals surface area contributed by atoms with E-state index in [4.69, 9.17) is 9.47 Å². The molecule has 1 unspecified atom stereocenters. The van der Waals surface area contributed by atoms with Crippen LogP contribution in [0, 0.1) is 12.8 Å². The van der Waals surface area contributed by atoms with Crippen LogP contribution >= 0.6 is 0 Å². The number of hydrogen-bond acceptors (Lipinski definition) is 3. The number of esters is 1. The van der Waals surface area contributed by atoms with E-state index in [9.17, 15) is 4.79 Å². The third kappa shape index (κ3) is 3.80. The Bertz CT molecular complexity index is 693. The highest BCUT2D eigenvalue weighted by Gasteiger charge is 2.31. The van der Waals surface area contributed by atoms with E-state index in [1.165, 1.54) is 5.69 Å². The summed E-state index contributed by atoms with van der Waals surface area (Å²) in [5, 5.41) is 0. The Morgan fingerprint density at radius 1 is 1.31 bits per heavy atom. The Balaban J connectivity index is 2.11. The molecule has 0 radical (unpaired) electrons. The second-order valence-electron chi connectivity index (χ2n) is 7.32. The van der Waals surface area contributed by atoms with Crippen LogP contribution in [0.1, 0.15) is 79.2 Å². The van der Waals surface area contributed by atoms with Gasteiger partial charge < -0.3 is 14.0 Å². The largest absolute Gasteiger partial charge is 0.462 e. The van der Waals surface area contributed by atoms with E-state index in [1.807, 2.05) is 6.92 Å². The first-order chi connectivity index (χ1) is 12.6. The van der Waals surface area contributed by atoms with E-state index in [2.05, 4.69) is 42.8 Å². The van der Waals surface area contributed by atoms with E-state index < -0.39 is 0 Å². The first-order valence-corrected chi connectivity index (χ1v) is 9.97. The van der Waals surface area contributed by atoms with Crippen molar-refractivity contribution in [1.82, 2.24) is 4.57 Å². The van der Waals surface area contributed by atoms with Crippen LogP contribution in [0.5, 0.6) is 0 Å². The molecule has 2 aliphatic heterocycles. The van der Waals surface area contributed by atoms with Gasteiger partial charge in [0.15, 0.2) is 0 Å². The van der Waals surface area contributed by atoms with Gasteiger partial charge in [0, 0.05) is 31.0 Å². The quantitative estimate of drug-likeness (QED) is 0.698. The van der Waals surface area contributed by atoms with Gasteiger partial charge in [-0.15, -0.1) is 0 Å². The third-order valence-corrected chi connectivity index (χ3v) is 5.69. The first-order valence-electron chi connectivity index (χ1n) is 9.97. The maximum atomic E-state index is 12.7. The lowest BCUT2D eigenvalue weighted by Crippen LogP contribution is -2.22. The standard InChI is InChI=1S/C22H31NO3/c1-4-26-22(24)20-17(3)21(16(2)18-11-14-25-15-12-18)23-13-9-7-5-6-8-10-19(20)23/h8-10,13,16,18H,4-7,11-12,14-15H2,1-3H3. The maximum Gasteiger partial charge on any atom is 0.340 e. The van der Waals surface area contributed by atoms with Crippen molar-refractivity contribution < 1.29 is 14.3 Å². The second kappa shape index (κ2) is 8.72. The summed E-state index contributed by atoms with van der Waals surface area (Å²) in [6.07, 6.45) is 14.1. The molecule has 1 atom stereocenters. The highest BCUT2D eigenvalue weighted by Crippen LogP contribution is 2.38. The molecule has 0 aliphatic carbocycles. The molecule has 0 amide bonds. The Kier molecular flexibility index (Phi) is 6.36. The lowest BCUT2D eigenvalue weighted by molar-refractivity contribution is 0.0524. The summed E-state index contributed by atoms with van der Waals surface area (Å²) in [7, 11) is 0. The van der Waals surface area contributed by atoms with Crippen LogP contribution < -0.4 is 0 Å². The van der Waals surface area contributed by atoms with Crippen molar-refractivity contribution in [3.05, 3.63) is 34.7 Å². The molecule has 2 aliphatic rings. The Morgan fingerprint density at radius 3 is 2.77 bits per heavy atom. The van der Waals surface area contributed by atoms with Crippen LogP contribution in [-0.2, 0) is 9.47 Å². The van der Waals surface area contributed by atoms with Crippen LogP contribution in [0.4, 0.5) is 0 Å². The molecule has 0 aromatic carbocycles. The number of allylic oxidation sites excluding steroid dienone is 2. The summed E-state index contributed by atoms with van der Waals surface area (Å²) in [5.41, 5.74) is 4.00. The van der Waals surface area contributed by atoms with Crippen molar-refractivity contribution in [3.8, 4) is 0 Å². The van der Waals surface area contributed by atoms with Crippen molar-refractivity contribution in [3.63, 3.8) is 0 Å². The van der Waals surface area contributed by atoms with Crippen molar-refractivity contribution in [2.75, 3.05) is 19.8 Å². The van der Waals surface area contributed by atoms with Gasteiger partial charge in [-0.05, 0) is 63.5 Å². The summed E-state index contributed by atoms with van der Waals surface area (Å²) < 4.78 is 13.2. The zero-order valence-corrected chi connectivity index (χ0v) is 16.3. The number of rotatable bonds is 4. The van der Waals surface area contributed by atoms with Crippen LogP contribution in [0.15, 0.2) is 12.2 Å². The zero-order valence-electron chi connectivity index (χ0n) is 16.3. The highest BCUT2D eigenvalue weighted by atomic mass is 16.5. The van der Waals surface area contributed by atoms with E-state index in [-0.39, 0.29) is 5.97 Å². The molecular formula is C22H31NO3. The molecule has 0 bridgehead atoms. The average molecular weight is 357 g/mol. The second-order valence-corrected chi connectivity index (χ2v) is 7.32. The molecule has 4 nitrogen and oxygen atoms in total. The van der Waals surface area contributed by atoms with E-state index in [1.54, 1.807) is 0 Å². The molecule has 4 heteroatoms.